The first-order valence-electron chi connectivity index (χ1n) is 3.82. The summed E-state index contributed by atoms with van der Waals surface area (Å²) in [6.07, 6.45) is 1.24. The zero-order valence-corrected chi connectivity index (χ0v) is 8.76. The Balaban J connectivity index is 3.42. The third-order valence-corrected chi connectivity index (χ3v) is 1.56. The van der Waals surface area contributed by atoms with Gasteiger partial charge in [-0.3, -0.25) is 9.52 Å². The highest BCUT2D eigenvalue weighted by Crippen LogP contribution is 2.35. The second kappa shape index (κ2) is 7.29. The Labute approximate surface area is 86.9 Å². The van der Waals surface area contributed by atoms with Crippen LogP contribution in [-0.4, -0.2) is 35.9 Å². The summed E-state index contributed by atoms with van der Waals surface area (Å²) in [6.45, 7) is 3.10. The fraction of sp³-hybridized carbons (Fsp3) is 0.429. The van der Waals surface area contributed by atoms with E-state index >= 15 is 0 Å². The number of phosphoric acid groups is 1. The molecule has 0 rings (SSSR count). The van der Waals surface area contributed by atoms with Gasteiger partial charge in [0.05, 0.1) is 18.8 Å². The number of rotatable bonds is 7. The lowest BCUT2D eigenvalue weighted by molar-refractivity contribution is 0.0904. The zero-order chi connectivity index (χ0) is 11.7. The molecule has 0 saturated carbocycles. The number of allylic oxidation sites excluding steroid dienone is 1. The van der Waals surface area contributed by atoms with Crippen molar-refractivity contribution in [3.63, 3.8) is 0 Å². The topological polar surface area (TPSA) is 112 Å². The third-order valence-electron chi connectivity index (χ3n) is 1.04. The number of ether oxygens (including phenoxy) is 1. The maximum absolute atomic E-state index is 10.2. The molecule has 7 nitrogen and oxygen atoms in total. The lowest BCUT2D eigenvalue weighted by Gasteiger charge is -2.04. The molecule has 0 aliphatic rings. The van der Waals surface area contributed by atoms with Crippen LogP contribution in [0, 0.1) is 11.3 Å². The minimum absolute atomic E-state index is 0.00147. The Morgan fingerprint density at radius 3 is 2.80 bits per heavy atom. The summed E-state index contributed by atoms with van der Waals surface area (Å²) in [6, 6.07) is 1.76. The van der Waals surface area contributed by atoms with Gasteiger partial charge in [0.25, 0.3) is 0 Å². The molecule has 0 atom stereocenters. The Bertz CT molecular complexity index is 316. The summed E-state index contributed by atoms with van der Waals surface area (Å²) in [5.41, 5.74) is 0.199. The molecule has 84 valence electrons. The highest BCUT2D eigenvalue weighted by Gasteiger charge is 2.12. The van der Waals surface area contributed by atoms with Gasteiger partial charge in [-0.05, 0) is 0 Å². The predicted molar refractivity (Wildman–Crippen MR) is 52.1 cm³/mol. The average Bonchev–Trinajstić information content (AvgIpc) is 2.14. The van der Waals surface area contributed by atoms with Crippen molar-refractivity contribution in [1.82, 2.24) is 0 Å². The van der Waals surface area contributed by atoms with E-state index in [9.17, 15) is 4.57 Å². The predicted octanol–water partition coefficient (Wildman–Crippen LogP) is 0.220. The molecule has 2 N–H and O–H groups in total. The van der Waals surface area contributed by atoms with Gasteiger partial charge in [-0.1, -0.05) is 6.58 Å². The van der Waals surface area contributed by atoms with Crippen LogP contribution in [0.5, 0.6) is 0 Å². The zero-order valence-electron chi connectivity index (χ0n) is 7.87. The van der Waals surface area contributed by atoms with Gasteiger partial charge in [0.2, 0.25) is 0 Å². The number of aliphatic imine (C=N–C) groups is 1. The van der Waals surface area contributed by atoms with Gasteiger partial charge in [-0.2, -0.15) is 5.26 Å². The molecule has 0 bridgehead atoms. The molecule has 0 aliphatic heterocycles. The molecule has 0 fully saturated rings. The fourth-order valence-corrected chi connectivity index (χ4v) is 0.821. The van der Waals surface area contributed by atoms with Crippen molar-refractivity contribution in [2.75, 3.05) is 19.9 Å². The van der Waals surface area contributed by atoms with Crippen LogP contribution in [-0.2, 0) is 13.8 Å². The summed E-state index contributed by atoms with van der Waals surface area (Å²) < 4.78 is 19.1. The van der Waals surface area contributed by atoms with Crippen LogP contribution in [0.2, 0.25) is 0 Å². The first-order chi connectivity index (χ1) is 6.95. The molecule has 0 aliphatic carbocycles. The van der Waals surface area contributed by atoms with Gasteiger partial charge in [0.15, 0.2) is 0 Å². The van der Waals surface area contributed by atoms with Crippen molar-refractivity contribution in [3.8, 4) is 6.07 Å². The molecule has 0 aromatic heterocycles. The van der Waals surface area contributed by atoms with Gasteiger partial charge >= 0.3 is 7.82 Å². The first kappa shape index (κ1) is 14.0. The van der Waals surface area contributed by atoms with E-state index in [-0.39, 0.29) is 25.5 Å². The van der Waals surface area contributed by atoms with E-state index in [1.165, 1.54) is 6.21 Å². The van der Waals surface area contributed by atoms with E-state index in [1.54, 1.807) is 6.07 Å². The number of hydrogen-bond donors (Lipinski definition) is 2. The minimum Gasteiger partial charge on any atom is -0.357 e. The monoisotopic (exact) mass is 234 g/mol. The standard InChI is InChI=1S/C7H11N2O5P/c1-7(4-8)5-9-6-13-2-3-14-15(10,11)12/h5H,1-3,6H2,(H2,10,11,12)/b9-5+. The molecular formula is C7H11N2O5P. The van der Waals surface area contributed by atoms with Crippen LogP contribution >= 0.6 is 7.82 Å². The molecule has 0 saturated heterocycles. The summed E-state index contributed by atoms with van der Waals surface area (Å²) in [7, 11) is -4.42. The van der Waals surface area contributed by atoms with E-state index in [4.69, 9.17) is 19.8 Å². The van der Waals surface area contributed by atoms with Crippen molar-refractivity contribution in [1.29, 1.82) is 5.26 Å². The van der Waals surface area contributed by atoms with E-state index in [0.29, 0.717) is 0 Å². The second-order valence-electron chi connectivity index (χ2n) is 2.31. The van der Waals surface area contributed by atoms with Crippen LogP contribution in [0.4, 0.5) is 0 Å². The Morgan fingerprint density at radius 2 is 2.27 bits per heavy atom. The average molecular weight is 234 g/mol. The Kier molecular flexibility index (Phi) is 6.79. The summed E-state index contributed by atoms with van der Waals surface area (Å²) in [4.78, 5) is 20.2. The molecular weight excluding hydrogens is 223 g/mol. The van der Waals surface area contributed by atoms with Crippen LogP contribution in [0.25, 0.3) is 0 Å². The molecule has 0 aromatic carbocycles. The van der Waals surface area contributed by atoms with Gasteiger partial charge in [0.1, 0.15) is 12.8 Å². The van der Waals surface area contributed by atoms with E-state index < -0.39 is 7.82 Å². The van der Waals surface area contributed by atoms with Gasteiger partial charge in [0, 0.05) is 6.21 Å². The maximum atomic E-state index is 10.2. The largest absolute Gasteiger partial charge is 0.469 e. The second-order valence-corrected chi connectivity index (χ2v) is 3.55. The van der Waals surface area contributed by atoms with Gasteiger partial charge in [-0.25, -0.2) is 4.57 Å². The van der Waals surface area contributed by atoms with Crippen molar-refractivity contribution >= 4 is 14.0 Å². The highest BCUT2D eigenvalue weighted by atomic mass is 31.2. The smallest absolute Gasteiger partial charge is 0.357 e. The van der Waals surface area contributed by atoms with Crippen LogP contribution in [0.15, 0.2) is 17.1 Å². The molecule has 8 heteroatoms. The van der Waals surface area contributed by atoms with Crippen LogP contribution in [0.1, 0.15) is 0 Å². The molecule has 0 heterocycles. The summed E-state index contributed by atoms with van der Waals surface area (Å²) in [5.74, 6) is 0. The fourth-order valence-electron chi connectivity index (χ4n) is 0.509. The normalized spacial score (nSPS) is 11.5. The first-order valence-corrected chi connectivity index (χ1v) is 5.35. The third kappa shape index (κ3) is 10.9. The Morgan fingerprint density at radius 1 is 1.60 bits per heavy atom. The molecule has 15 heavy (non-hydrogen) atoms. The number of hydrogen-bond acceptors (Lipinski definition) is 5. The molecule has 0 aromatic rings. The summed E-state index contributed by atoms with van der Waals surface area (Å²) >= 11 is 0. The number of nitriles is 1. The van der Waals surface area contributed by atoms with Crippen molar-refractivity contribution < 1.29 is 23.6 Å². The van der Waals surface area contributed by atoms with Crippen molar-refractivity contribution in [2.24, 2.45) is 4.99 Å². The molecule has 0 spiro atoms. The van der Waals surface area contributed by atoms with Crippen LogP contribution in [0.3, 0.4) is 0 Å². The molecule has 0 amide bonds. The van der Waals surface area contributed by atoms with Crippen molar-refractivity contribution in [3.05, 3.63) is 12.2 Å². The number of nitrogens with zero attached hydrogens (tertiary/aromatic N) is 2. The lowest BCUT2D eigenvalue weighted by atomic mass is 10.4. The van der Waals surface area contributed by atoms with E-state index in [2.05, 4.69) is 16.1 Å². The van der Waals surface area contributed by atoms with Gasteiger partial charge < -0.3 is 14.5 Å². The van der Waals surface area contributed by atoms with Gasteiger partial charge in [-0.15, -0.1) is 0 Å². The van der Waals surface area contributed by atoms with E-state index in [1.807, 2.05) is 0 Å². The lowest BCUT2D eigenvalue weighted by Crippen LogP contribution is -2.03. The molecule has 0 unspecified atom stereocenters. The quantitative estimate of drug-likeness (QED) is 0.282. The molecule has 0 radical (unpaired) electrons. The summed E-state index contributed by atoms with van der Waals surface area (Å²) in [5, 5.41) is 8.28. The maximum Gasteiger partial charge on any atom is 0.469 e. The highest BCUT2D eigenvalue weighted by molar-refractivity contribution is 7.46. The SMILES string of the molecule is C=C(C#N)/C=N/COCCOP(=O)(O)O. The van der Waals surface area contributed by atoms with E-state index in [0.717, 1.165) is 0 Å². The van der Waals surface area contributed by atoms with Crippen LogP contribution < -0.4 is 0 Å². The minimum atomic E-state index is -4.42. The number of phosphoric ester groups is 1. The Hall–Kier alpha value is -1.03. The van der Waals surface area contributed by atoms with Crippen molar-refractivity contribution in [2.45, 2.75) is 0 Å².